The minimum absolute atomic E-state index is 0.153. The second kappa shape index (κ2) is 14.1. The molecule has 0 aliphatic rings. The van der Waals surface area contributed by atoms with Gasteiger partial charge in [0.05, 0.1) is 35.9 Å². The largest absolute Gasteiger partial charge is 0.493 e. The van der Waals surface area contributed by atoms with E-state index in [0.717, 1.165) is 52.2 Å². The number of halogens is 2. The Morgan fingerprint density at radius 2 is 1.82 bits per heavy atom. The van der Waals surface area contributed by atoms with Gasteiger partial charge in [-0.1, -0.05) is 29.8 Å². The molecule has 0 fully saturated rings. The molecule has 0 aliphatic heterocycles. The fraction of sp³-hybridized carbons (Fsp3) is 0.353. The van der Waals surface area contributed by atoms with Gasteiger partial charge in [-0.3, -0.25) is 4.68 Å². The normalized spacial score (nSPS) is 11.4. The number of benzene rings is 3. The molecule has 232 valence electrons. The number of aromatic nitrogens is 3. The van der Waals surface area contributed by atoms with Gasteiger partial charge >= 0.3 is 5.97 Å². The Balaban J connectivity index is 1.46. The summed E-state index contributed by atoms with van der Waals surface area (Å²) in [5.41, 5.74) is 4.21. The van der Waals surface area contributed by atoms with Crippen molar-refractivity contribution in [3.63, 3.8) is 0 Å². The first-order valence-electron chi connectivity index (χ1n) is 14.9. The van der Waals surface area contributed by atoms with Gasteiger partial charge in [-0.05, 0) is 87.2 Å². The van der Waals surface area contributed by atoms with E-state index in [1.165, 1.54) is 12.1 Å². The van der Waals surface area contributed by atoms with Gasteiger partial charge < -0.3 is 24.3 Å². The topological polar surface area (TPSA) is 98.6 Å². The van der Waals surface area contributed by atoms with E-state index < -0.39 is 5.97 Å². The average molecular weight is 622 g/mol. The van der Waals surface area contributed by atoms with Crippen LogP contribution in [-0.4, -0.2) is 52.3 Å². The van der Waals surface area contributed by atoms with E-state index in [1.807, 2.05) is 44.3 Å². The molecule has 0 spiro atoms. The number of aliphatic hydroxyl groups excluding tert-OH is 1. The second-order valence-electron chi connectivity index (χ2n) is 10.6. The summed E-state index contributed by atoms with van der Waals surface area (Å²) in [7, 11) is 1.85. The molecule has 5 aromatic rings. The second-order valence-corrected chi connectivity index (χ2v) is 11.0. The predicted molar refractivity (Wildman–Crippen MR) is 170 cm³/mol. The molecule has 0 radical (unpaired) electrons. The molecule has 2 heterocycles. The molecule has 0 bridgehead atoms. The number of nitrogens with one attached hydrogen (secondary N) is 1. The number of fused-ring (bicyclic) bond motifs is 2. The van der Waals surface area contributed by atoms with Crippen molar-refractivity contribution < 1.29 is 28.5 Å². The maximum Gasteiger partial charge on any atom is 0.355 e. The molecule has 44 heavy (non-hydrogen) atoms. The van der Waals surface area contributed by atoms with Crippen molar-refractivity contribution in [1.29, 1.82) is 0 Å². The minimum atomic E-state index is -0.443. The molecule has 10 heteroatoms. The van der Waals surface area contributed by atoms with Gasteiger partial charge in [0.15, 0.2) is 0 Å². The van der Waals surface area contributed by atoms with Crippen molar-refractivity contribution in [3.8, 4) is 22.8 Å². The first-order valence-corrected chi connectivity index (χ1v) is 15.3. The van der Waals surface area contributed by atoms with Crippen LogP contribution in [0.15, 0.2) is 48.5 Å². The summed E-state index contributed by atoms with van der Waals surface area (Å²) >= 11 is 6.85. The lowest BCUT2D eigenvalue weighted by molar-refractivity contribution is 0.0519. The Bertz CT molecular complexity index is 1780. The van der Waals surface area contributed by atoms with E-state index in [-0.39, 0.29) is 19.0 Å². The third-order valence-corrected chi connectivity index (χ3v) is 8.05. The molecular weight excluding hydrogens is 585 g/mol. The molecule has 8 nitrogen and oxygen atoms in total. The maximum atomic E-state index is 13.7. The van der Waals surface area contributed by atoms with Crippen molar-refractivity contribution in [1.82, 2.24) is 14.8 Å². The van der Waals surface area contributed by atoms with Crippen LogP contribution in [0.5, 0.6) is 11.6 Å². The summed E-state index contributed by atoms with van der Waals surface area (Å²) in [6.07, 6.45) is 3.50. The van der Waals surface area contributed by atoms with Crippen LogP contribution in [-0.2, 0) is 18.2 Å². The number of H-pyrrole nitrogens is 1. The van der Waals surface area contributed by atoms with Crippen LogP contribution >= 0.6 is 11.6 Å². The number of aromatic amines is 1. The van der Waals surface area contributed by atoms with Crippen LogP contribution in [0, 0.1) is 12.7 Å². The number of aryl methyl sites for hydroxylation is 2. The zero-order chi connectivity index (χ0) is 31.2. The highest BCUT2D eigenvalue weighted by Gasteiger charge is 2.26. The van der Waals surface area contributed by atoms with Gasteiger partial charge in [0.2, 0.25) is 5.88 Å². The molecule has 0 atom stereocenters. The number of hydrogen-bond acceptors (Lipinski definition) is 6. The summed E-state index contributed by atoms with van der Waals surface area (Å²) < 4.78 is 33.1. The molecular formula is C34H37ClFN3O5. The summed E-state index contributed by atoms with van der Waals surface area (Å²) in [4.78, 5) is 16.5. The maximum absolute atomic E-state index is 13.7. The van der Waals surface area contributed by atoms with Gasteiger partial charge in [-0.25, -0.2) is 9.18 Å². The zero-order valence-corrected chi connectivity index (χ0v) is 26.0. The Morgan fingerprint density at radius 3 is 2.61 bits per heavy atom. The summed E-state index contributed by atoms with van der Waals surface area (Å²) in [6.45, 7) is 4.96. The number of carbonyl (C=O) groups excluding carboxylic acids is 1. The number of carbonyl (C=O) groups is 1. The molecule has 2 N–H and O–H groups in total. The monoisotopic (exact) mass is 621 g/mol. The van der Waals surface area contributed by atoms with Crippen LogP contribution < -0.4 is 9.47 Å². The lowest BCUT2D eigenvalue weighted by Crippen LogP contribution is -2.09. The number of nitrogens with zero attached hydrogens (tertiary/aromatic N) is 2. The van der Waals surface area contributed by atoms with E-state index in [4.69, 9.17) is 30.9 Å². The van der Waals surface area contributed by atoms with Crippen molar-refractivity contribution in [2.45, 2.75) is 46.0 Å². The third-order valence-electron chi connectivity index (χ3n) is 7.74. The quantitative estimate of drug-likeness (QED) is 0.0981. The highest BCUT2D eigenvalue weighted by Crippen LogP contribution is 2.43. The van der Waals surface area contributed by atoms with Crippen LogP contribution in [0.3, 0.4) is 0 Å². The predicted octanol–water partition coefficient (Wildman–Crippen LogP) is 7.55. The van der Waals surface area contributed by atoms with Crippen LogP contribution in [0.2, 0.25) is 5.02 Å². The molecule has 2 aromatic heterocycles. The molecule has 5 rings (SSSR count). The Labute approximate surface area is 260 Å². The number of ether oxygens (including phenoxy) is 3. The van der Waals surface area contributed by atoms with Crippen LogP contribution in [0.25, 0.3) is 32.8 Å². The molecule has 0 saturated carbocycles. The van der Waals surface area contributed by atoms with E-state index in [9.17, 15) is 9.18 Å². The molecule has 0 aliphatic carbocycles. The fourth-order valence-corrected chi connectivity index (χ4v) is 5.74. The average Bonchev–Trinajstić information content (AvgIpc) is 3.51. The van der Waals surface area contributed by atoms with Crippen molar-refractivity contribution in [2.24, 2.45) is 7.05 Å². The minimum Gasteiger partial charge on any atom is -0.493 e. The fourth-order valence-electron chi connectivity index (χ4n) is 5.48. The van der Waals surface area contributed by atoms with Crippen LogP contribution in [0.4, 0.5) is 4.39 Å². The standard InChI is InChI=1S/C34H37ClFN3O5/c1-4-42-34(41)32-25(11-9-19-43-28-12-8-10-22-20-23(36)13-14-24(22)28)26-15-16-27(35)30(31(26)37-32)29-21(2)39(3)38-33(29)44-18-7-5-6-17-40/h8,10,12-16,20,37,40H,4-7,9,11,17-19H2,1-3H3. The van der Waals surface area contributed by atoms with Crippen LogP contribution in [0.1, 0.15) is 54.4 Å². The van der Waals surface area contributed by atoms with Crippen molar-refractivity contribution in [2.75, 3.05) is 26.4 Å². The Morgan fingerprint density at radius 1 is 1.02 bits per heavy atom. The van der Waals surface area contributed by atoms with Gasteiger partial charge in [-0.15, -0.1) is 5.10 Å². The summed E-state index contributed by atoms with van der Waals surface area (Å²) in [5, 5.41) is 16.6. The molecule has 0 unspecified atom stereocenters. The van der Waals surface area contributed by atoms with E-state index in [2.05, 4.69) is 10.1 Å². The third kappa shape index (κ3) is 6.54. The van der Waals surface area contributed by atoms with E-state index in [1.54, 1.807) is 17.7 Å². The number of rotatable bonds is 14. The van der Waals surface area contributed by atoms with E-state index in [0.29, 0.717) is 59.5 Å². The summed E-state index contributed by atoms with van der Waals surface area (Å²) in [5.74, 6) is 0.400. The first kappa shape index (κ1) is 31.3. The van der Waals surface area contributed by atoms with Gasteiger partial charge in [0, 0.05) is 35.7 Å². The van der Waals surface area contributed by atoms with Gasteiger partial charge in [0.25, 0.3) is 0 Å². The lowest BCUT2D eigenvalue weighted by Gasteiger charge is -2.11. The summed E-state index contributed by atoms with van der Waals surface area (Å²) in [6, 6.07) is 13.9. The Hall–Kier alpha value is -4.08. The van der Waals surface area contributed by atoms with Crippen molar-refractivity contribution >= 4 is 39.2 Å². The lowest BCUT2D eigenvalue weighted by atomic mass is 9.99. The molecule has 0 amide bonds. The SMILES string of the molecule is CCOC(=O)c1[nH]c2c(-c3c(OCCCCCO)nn(C)c3C)c(Cl)ccc2c1CCCOc1cccc2cc(F)ccc12. The number of unbranched alkanes of at least 4 members (excludes halogenated alkanes) is 2. The highest BCUT2D eigenvalue weighted by atomic mass is 35.5. The number of hydrogen-bond donors (Lipinski definition) is 2. The van der Waals surface area contributed by atoms with Gasteiger partial charge in [-0.2, -0.15) is 0 Å². The van der Waals surface area contributed by atoms with Gasteiger partial charge in [0.1, 0.15) is 17.3 Å². The zero-order valence-electron chi connectivity index (χ0n) is 25.2. The highest BCUT2D eigenvalue weighted by molar-refractivity contribution is 6.35. The van der Waals surface area contributed by atoms with E-state index >= 15 is 0 Å². The molecule has 3 aromatic carbocycles. The number of esters is 1. The Kier molecular flexibility index (Phi) is 10.1. The smallest absolute Gasteiger partial charge is 0.355 e. The number of aliphatic hydroxyl groups is 1. The molecule has 0 saturated heterocycles. The first-order chi connectivity index (χ1) is 21.3. The van der Waals surface area contributed by atoms with Crippen molar-refractivity contribution in [3.05, 3.63) is 76.3 Å².